The molecule has 0 aromatic heterocycles. The molecule has 0 saturated heterocycles. The highest BCUT2D eigenvalue weighted by molar-refractivity contribution is 5.81. The van der Waals surface area contributed by atoms with Gasteiger partial charge in [-0.05, 0) is 270 Å². The van der Waals surface area contributed by atoms with Gasteiger partial charge >= 0.3 is 11.9 Å². The molecule has 8 aliphatic carbocycles. The van der Waals surface area contributed by atoms with Crippen molar-refractivity contribution in [3.8, 4) is 0 Å². The number of unbranched alkanes of at least 4 members (excludes halogenated alkanes) is 6. The van der Waals surface area contributed by atoms with Crippen molar-refractivity contribution < 1.29 is 19.1 Å². The van der Waals surface area contributed by atoms with Gasteiger partial charge in [-0.15, -0.1) is 0 Å². The predicted molar refractivity (Wildman–Crippen MR) is 354 cm³/mol. The minimum atomic E-state index is -0.236. The van der Waals surface area contributed by atoms with E-state index in [4.69, 9.17) is 9.47 Å². The van der Waals surface area contributed by atoms with Gasteiger partial charge in [0.1, 0.15) is 12.2 Å². The first-order valence-electron chi connectivity index (χ1n) is 36.6. The summed E-state index contributed by atoms with van der Waals surface area (Å²) >= 11 is 0. The Labute approximate surface area is 514 Å². The van der Waals surface area contributed by atoms with Crippen molar-refractivity contribution in [2.75, 3.05) is 0 Å². The van der Waals surface area contributed by atoms with Gasteiger partial charge in [0.15, 0.2) is 0 Å². The Morgan fingerprint density at radius 2 is 0.952 bits per heavy atom. The molecule has 0 bridgehead atoms. The zero-order valence-electron chi connectivity index (χ0n) is 56.9. The molecule has 83 heavy (non-hydrogen) atoms. The molecule has 4 nitrogen and oxygen atoms in total. The second-order valence-electron chi connectivity index (χ2n) is 33.1. The summed E-state index contributed by atoms with van der Waals surface area (Å²) in [7, 11) is 0. The molecule has 8 aliphatic rings. The zero-order chi connectivity index (χ0) is 60.1. The third-order valence-electron chi connectivity index (χ3n) is 27.5. The van der Waals surface area contributed by atoms with Crippen molar-refractivity contribution in [3.63, 3.8) is 0 Å². The second-order valence-corrected chi connectivity index (χ2v) is 33.1. The molecule has 0 aromatic carbocycles. The maximum Gasteiger partial charge on any atom is 0.330 e. The standard InChI is InChI=1S/C47H80O2.C32H54O2/c1-8-10-11-12-13-14-15-16-17-18-19-20-21-22-23-26-44(48)49-39-31-34-46(6)38(36-39)27-28-40-42-30-29-41(47(42,7)35-32-43(40)46)37(3)25-24-33-45(4,5)9-2;1-8-29(33)34-24-16-19-31(6)23(21-24)12-13-25-27-15-14-26(32(27,7)20-17-28(25)31)22(3)11-10-18-30(4,5)9-2/h10-11,14-17,37-43H,8-9,12-13,18-36H2,1-7H3;8,22-28H,1,9-21H2,2-7H3/b11-10+,15-14+,17-16+;. The van der Waals surface area contributed by atoms with E-state index in [1.54, 1.807) is 0 Å². The van der Waals surface area contributed by atoms with Crippen LogP contribution < -0.4 is 0 Å². The quantitative estimate of drug-likeness (QED) is 0.0258. The van der Waals surface area contributed by atoms with Crippen LogP contribution in [0.1, 0.15) is 321 Å². The lowest BCUT2D eigenvalue weighted by Crippen LogP contribution is -2.54. The minimum absolute atomic E-state index is 0.0694. The summed E-state index contributed by atoms with van der Waals surface area (Å²) in [4.78, 5) is 24.6. The lowest BCUT2D eigenvalue weighted by atomic mass is 9.44. The second kappa shape index (κ2) is 30.9. The number of hydrogen-bond acceptors (Lipinski definition) is 4. The summed E-state index contributed by atoms with van der Waals surface area (Å²) in [6.07, 6.45) is 61.3. The van der Waals surface area contributed by atoms with Gasteiger partial charge in [0, 0.05) is 12.5 Å². The maximum atomic E-state index is 12.8. The average molecular weight is 1150 g/mol. The van der Waals surface area contributed by atoms with Crippen molar-refractivity contribution in [1.82, 2.24) is 0 Å². The Balaban J connectivity index is 0.000000254. The van der Waals surface area contributed by atoms with E-state index >= 15 is 0 Å². The molecule has 0 aliphatic heterocycles. The summed E-state index contributed by atoms with van der Waals surface area (Å²) in [6, 6.07) is 0. The van der Waals surface area contributed by atoms with Crippen molar-refractivity contribution in [2.45, 2.75) is 333 Å². The van der Waals surface area contributed by atoms with E-state index in [9.17, 15) is 9.59 Å². The van der Waals surface area contributed by atoms with Crippen LogP contribution in [0.5, 0.6) is 0 Å². The van der Waals surface area contributed by atoms with Crippen LogP contribution in [0.3, 0.4) is 0 Å². The fourth-order valence-electron chi connectivity index (χ4n) is 21.5. The molecular formula is C79H134O4. The number of rotatable bonds is 28. The molecule has 0 radical (unpaired) electrons. The Morgan fingerprint density at radius 3 is 1.45 bits per heavy atom. The average Bonchev–Trinajstić information content (AvgIpc) is 1.87. The van der Waals surface area contributed by atoms with Gasteiger partial charge in [-0.1, -0.05) is 191 Å². The topological polar surface area (TPSA) is 52.6 Å². The number of hydrogen-bond donors (Lipinski definition) is 0. The molecule has 4 heteroatoms. The molecule has 0 aromatic rings. The molecule has 8 rings (SSSR count). The first-order valence-corrected chi connectivity index (χ1v) is 36.6. The largest absolute Gasteiger partial charge is 0.462 e. The number of allylic oxidation sites excluding steroid dienone is 6. The SMILES string of the molecule is C=CC(=O)OC1CCC2(C)C(CCC3C2CCC2(C)C(C(C)CCCC(C)(C)CC)CCC32)C1.CC/C=C/CC/C=C/C=C/CCCCCCCC(=O)OC1CCC2(C)C(CCC3C2CCC2(C)C(C(C)CCCC(C)(C)CC)CCC32)C1. The molecular weight excluding hydrogens is 1010 g/mol. The Hall–Kier alpha value is -2.10. The molecule has 474 valence electrons. The Kier molecular flexibility index (Phi) is 25.5. The van der Waals surface area contributed by atoms with E-state index in [-0.39, 0.29) is 24.1 Å². The zero-order valence-corrected chi connectivity index (χ0v) is 56.9. The molecule has 8 saturated carbocycles. The highest BCUT2D eigenvalue weighted by Gasteiger charge is 2.62. The van der Waals surface area contributed by atoms with Crippen LogP contribution in [-0.4, -0.2) is 24.1 Å². The number of carbonyl (C=O) groups excluding carboxylic acids is 2. The van der Waals surface area contributed by atoms with Crippen molar-refractivity contribution in [1.29, 1.82) is 0 Å². The Morgan fingerprint density at radius 1 is 0.506 bits per heavy atom. The summed E-state index contributed by atoms with van der Waals surface area (Å²) in [5.41, 5.74) is 3.07. The van der Waals surface area contributed by atoms with Crippen molar-refractivity contribution in [3.05, 3.63) is 49.1 Å². The van der Waals surface area contributed by atoms with Crippen LogP contribution in [0.15, 0.2) is 49.1 Å². The fraction of sp³-hybridized carbons (Fsp3) is 0.873. The van der Waals surface area contributed by atoms with Gasteiger partial charge in [0.25, 0.3) is 0 Å². The molecule has 0 spiro atoms. The molecule has 18 atom stereocenters. The lowest BCUT2D eigenvalue weighted by Gasteiger charge is -2.61. The summed E-state index contributed by atoms with van der Waals surface area (Å²) in [5, 5.41) is 0. The van der Waals surface area contributed by atoms with Gasteiger partial charge in [-0.3, -0.25) is 4.79 Å². The summed E-state index contributed by atoms with van der Waals surface area (Å²) in [6.45, 7) is 36.2. The predicted octanol–water partition coefficient (Wildman–Crippen LogP) is 23.4. The fourth-order valence-corrected chi connectivity index (χ4v) is 21.5. The van der Waals surface area contributed by atoms with Crippen LogP contribution >= 0.6 is 0 Å². The van der Waals surface area contributed by atoms with Gasteiger partial charge in [-0.2, -0.15) is 0 Å². The molecule has 0 N–H and O–H groups in total. The highest BCUT2D eigenvalue weighted by atomic mass is 16.5. The first-order chi connectivity index (χ1) is 39.6. The number of carbonyl (C=O) groups is 2. The van der Waals surface area contributed by atoms with Gasteiger partial charge in [0.2, 0.25) is 0 Å². The van der Waals surface area contributed by atoms with Crippen LogP contribution in [0.25, 0.3) is 0 Å². The number of esters is 2. The van der Waals surface area contributed by atoms with Crippen LogP contribution in [-0.2, 0) is 19.1 Å². The number of ether oxygens (including phenoxy) is 2. The molecule has 0 amide bonds. The first kappa shape index (κ1) is 68.4. The minimum Gasteiger partial charge on any atom is -0.462 e. The van der Waals surface area contributed by atoms with E-state index in [1.165, 1.54) is 167 Å². The van der Waals surface area contributed by atoms with E-state index in [2.05, 4.69) is 133 Å². The normalized spacial score (nSPS) is 37.6. The molecule has 8 fully saturated rings. The Bertz CT molecular complexity index is 2090. The van der Waals surface area contributed by atoms with Gasteiger partial charge < -0.3 is 9.47 Å². The van der Waals surface area contributed by atoms with E-state index < -0.39 is 0 Å². The maximum absolute atomic E-state index is 12.8. The smallest absolute Gasteiger partial charge is 0.330 e. The summed E-state index contributed by atoms with van der Waals surface area (Å²) in [5.74, 6) is 10.5. The van der Waals surface area contributed by atoms with Crippen LogP contribution in [0.4, 0.5) is 0 Å². The molecule has 0 heterocycles. The monoisotopic (exact) mass is 1150 g/mol. The summed E-state index contributed by atoms with van der Waals surface area (Å²) < 4.78 is 11.9. The van der Waals surface area contributed by atoms with E-state index in [1.807, 2.05) is 0 Å². The third kappa shape index (κ3) is 17.0. The molecule has 18 unspecified atom stereocenters. The van der Waals surface area contributed by atoms with Crippen LogP contribution in [0, 0.1) is 104 Å². The van der Waals surface area contributed by atoms with Gasteiger partial charge in [0.05, 0.1) is 0 Å². The third-order valence-corrected chi connectivity index (χ3v) is 27.5. The van der Waals surface area contributed by atoms with E-state index in [0.29, 0.717) is 38.9 Å². The number of fused-ring (bicyclic) bond motifs is 10. The van der Waals surface area contributed by atoms with Gasteiger partial charge in [-0.25, -0.2) is 4.79 Å². The van der Waals surface area contributed by atoms with E-state index in [0.717, 1.165) is 135 Å². The van der Waals surface area contributed by atoms with Crippen LogP contribution in [0.2, 0.25) is 0 Å². The van der Waals surface area contributed by atoms with Crippen molar-refractivity contribution in [2.24, 2.45) is 104 Å². The lowest BCUT2D eigenvalue weighted by molar-refractivity contribution is -0.163. The highest BCUT2D eigenvalue weighted by Crippen LogP contribution is 2.70. The van der Waals surface area contributed by atoms with Crippen molar-refractivity contribution >= 4 is 11.9 Å².